The molecule has 5 heterocycles. The number of hydrogen-bond donors (Lipinski definition) is 1. The number of methoxy groups -OCH3 is 1. The molecule has 4 aromatic carbocycles. The average Bonchev–Trinajstić information content (AvgIpc) is 3.76. The number of aromatic nitrogens is 2. The number of nitrogens with one attached hydrogen (secondary N) is 1. The number of ether oxygens (including phenoxy) is 3. The Bertz CT molecular complexity index is 2560. The molecule has 3 saturated heterocycles. The van der Waals surface area contributed by atoms with Crippen molar-refractivity contribution in [2.24, 2.45) is 18.9 Å². The summed E-state index contributed by atoms with van der Waals surface area (Å²) in [4.78, 5) is 58.5. The van der Waals surface area contributed by atoms with Crippen LogP contribution in [0.2, 0.25) is 0 Å². The van der Waals surface area contributed by atoms with E-state index >= 15 is 0 Å². The van der Waals surface area contributed by atoms with Crippen LogP contribution in [0.3, 0.4) is 0 Å². The highest BCUT2D eigenvalue weighted by atomic mass is 32.2. The molecule has 1 N–H and O–H groups in total. The quantitative estimate of drug-likeness (QED) is 0.108. The van der Waals surface area contributed by atoms with Gasteiger partial charge in [-0.1, -0.05) is 18.2 Å². The van der Waals surface area contributed by atoms with E-state index in [4.69, 9.17) is 14.2 Å². The molecular formula is C50H56N6O7S. The lowest BCUT2D eigenvalue weighted by Crippen LogP contribution is -2.40. The molecule has 13 nitrogen and oxygen atoms in total. The molecule has 0 spiro atoms. The Morgan fingerprint density at radius 2 is 1.52 bits per heavy atom. The molecule has 334 valence electrons. The molecule has 3 fully saturated rings. The summed E-state index contributed by atoms with van der Waals surface area (Å²) in [6.45, 7) is 7.32. The fourth-order valence-corrected chi connectivity index (χ4v) is 10.8. The standard InChI is InChI=1S/C50H56N6O7S/c1-5-62-45-26-34(8-16-44(45)61-3)43(30-64-4)56-49(59)38-13-9-35(27-41(38)50(56)60)55-24-20-33(21-25-55)32-18-22-54(23-19-32)29-31-6-10-36(11-7-31)63-37-12-14-39-42(28-37)53(2)52-47(39)40-15-17-46(57)51-48(40)58/h6-14,16,26-28,32-33,40,43H,5,15,17-25,29-30H2,1-4H3,(H,51,57,58). The van der Waals surface area contributed by atoms with Gasteiger partial charge in [-0.05, 0) is 136 Å². The van der Waals surface area contributed by atoms with E-state index in [0.29, 0.717) is 71.1 Å². The minimum Gasteiger partial charge on any atom is -0.493 e. The third-order valence-corrected chi connectivity index (χ3v) is 14.2. The zero-order valence-electron chi connectivity index (χ0n) is 37.0. The summed E-state index contributed by atoms with van der Waals surface area (Å²) in [5.74, 6) is 3.13. The van der Waals surface area contributed by atoms with Gasteiger partial charge in [0, 0.05) is 56.0 Å². The van der Waals surface area contributed by atoms with Gasteiger partial charge < -0.3 is 19.1 Å². The summed E-state index contributed by atoms with van der Waals surface area (Å²) in [6.07, 6.45) is 7.37. The zero-order chi connectivity index (χ0) is 44.5. The number of benzene rings is 4. The molecule has 2 atom stereocenters. The van der Waals surface area contributed by atoms with Crippen LogP contribution < -0.4 is 24.4 Å². The van der Waals surface area contributed by atoms with Crippen molar-refractivity contribution in [3.05, 3.63) is 107 Å². The first-order valence-electron chi connectivity index (χ1n) is 22.5. The molecule has 2 unspecified atom stereocenters. The third-order valence-electron chi connectivity index (χ3n) is 13.6. The second kappa shape index (κ2) is 18.7. The Balaban J connectivity index is 0.758. The number of amides is 4. The van der Waals surface area contributed by atoms with Gasteiger partial charge >= 0.3 is 0 Å². The van der Waals surface area contributed by atoms with Crippen LogP contribution in [0, 0.1) is 11.8 Å². The predicted molar refractivity (Wildman–Crippen MR) is 248 cm³/mol. The van der Waals surface area contributed by atoms with Crippen molar-refractivity contribution in [2.45, 2.75) is 64.0 Å². The maximum Gasteiger partial charge on any atom is 0.262 e. The van der Waals surface area contributed by atoms with Crippen molar-refractivity contribution in [1.29, 1.82) is 0 Å². The Morgan fingerprint density at radius 1 is 0.797 bits per heavy atom. The van der Waals surface area contributed by atoms with Gasteiger partial charge in [0.05, 0.1) is 48.0 Å². The highest BCUT2D eigenvalue weighted by Gasteiger charge is 2.41. The average molecular weight is 885 g/mol. The lowest BCUT2D eigenvalue weighted by Gasteiger charge is -2.41. The maximum absolute atomic E-state index is 14.0. The Kier molecular flexibility index (Phi) is 12.7. The van der Waals surface area contributed by atoms with Crippen LogP contribution in [0.1, 0.15) is 94.9 Å². The Morgan fingerprint density at radius 3 is 2.22 bits per heavy atom. The predicted octanol–water partition coefficient (Wildman–Crippen LogP) is 8.12. The molecular weight excluding hydrogens is 829 g/mol. The lowest BCUT2D eigenvalue weighted by molar-refractivity contribution is -0.134. The second-order valence-corrected chi connectivity index (χ2v) is 18.3. The van der Waals surface area contributed by atoms with E-state index in [1.165, 1.54) is 23.3 Å². The van der Waals surface area contributed by atoms with Crippen LogP contribution in [0.4, 0.5) is 5.69 Å². The summed E-state index contributed by atoms with van der Waals surface area (Å²) in [5, 5.41) is 7.97. The number of fused-ring (bicyclic) bond motifs is 2. The highest BCUT2D eigenvalue weighted by molar-refractivity contribution is 7.98. The molecule has 0 saturated carbocycles. The number of anilines is 1. The van der Waals surface area contributed by atoms with Crippen molar-refractivity contribution >= 4 is 52.0 Å². The number of thioether (sulfide) groups is 1. The summed E-state index contributed by atoms with van der Waals surface area (Å²) in [5.41, 5.74) is 5.60. The van der Waals surface area contributed by atoms with Gasteiger partial charge in [-0.2, -0.15) is 16.9 Å². The van der Waals surface area contributed by atoms with Crippen LogP contribution >= 0.6 is 11.8 Å². The molecule has 9 rings (SSSR count). The number of rotatable bonds is 14. The number of carbonyl (C=O) groups is 4. The van der Waals surface area contributed by atoms with Gasteiger partial charge in [-0.25, -0.2) is 0 Å². The number of nitrogens with zero attached hydrogens (tertiary/aromatic N) is 5. The first kappa shape index (κ1) is 43.4. The van der Waals surface area contributed by atoms with Crippen molar-refractivity contribution in [1.82, 2.24) is 24.9 Å². The van der Waals surface area contributed by atoms with Crippen LogP contribution in [-0.4, -0.2) is 95.1 Å². The molecule has 4 amide bonds. The maximum atomic E-state index is 14.0. The molecule has 5 aromatic rings. The number of carbonyl (C=O) groups excluding carboxylic acids is 4. The van der Waals surface area contributed by atoms with Crippen molar-refractivity contribution < 1.29 is 33.4 Å². The van der Waals surface area contributed by atoms with E-state index in [0.717, 1.165) is 73.5 Å². The fraction of sp³-hybridized carbons (Fsp3) is 0.420. The fourth-order valence-electron chi connectivity index (χ4n) is 10.2. The van der Waals surface area contributed by atoms with Gasteiger partial charge in [-0.3, -0.25) is 39.0 Å². The minimum absolute atomic E-state index is 0.236. The van der Waals surface area contributed by atoms with Gasteiger partial charge in [0.1, 0.15) is 11.5 Å². The number of piperidine rings is 3. The minimum atomic E-state index is -0.447. The smallest absolute Gasteiger partial charge is 0.262 e. The van der Waals surface area contributed by atoms with E-state index in [9.17, 15) is 19.2 Å². The molecule has 1 aromatic heterocycles. The van der Waals surface area contributed by atoms with E-state index in [1.807, 2.05) is 87.0 Å². The zero-order valence-corrected chi connectivity index (χ0v) is 37.8. The van der Waals surface area contributed by atoms with Gasteiger partial charge in [0.25, 0.3) is 11.8 Å². The lowest BCUT2D eigenvalue weighted by atomic mass is 9.78. The van der Waals surface area contributed by atoms with Crippen LogP contribution in [-0.2, 0) is 23.2 Å². The monoisotopic (exact) mass is 884 g/mol. The van der Waals surface area contributed by atoms with Gasteiger partial charge in [-0.15, -0.1) is 0 Å². The highest BCUT2D eigenvalue weighted by Crippen LogP contribution is 2.40. The number of hydrogen-bond acceptors (Lipinski definition) is 11. The first-order chi connectivity index (χ1) is 31.1. The van der Waals surface area contributed by atoms with Crippen LogP contribution in [0.25, 0.3) is 10.9 Å². The summed E-state index contributed by atoms with van der Waals surface area (Å²) < 4.78 is 19.3. The number of aryl methyl sites for hydroxylation is 1. The van der Waals surface area contributed by atoms with Crippen molar-refractivity contribution in [3.63, 3.8) is 0 Å². The van der Waals surface area contributed by atoms with Gasteiger partial charge in [0.2, 0.25) is 11.8 Å². The summed E-state index contributed by atoms with van der Waals surface area (Å²) >= 11 is 1.60. The summed E-state index contributed by atoms with van der Waals surface area (Å²) in [6, 6.07) is 25.1. The van der Waals surface area contributed by atoms with Crippen LogP contribution in [0.5, 0.6) is 23.0 Å². The largest absolute Gasteiger partial charge is 0.493 e. The van der Waals surface area contributed by atoms with E-state index in [-0.39, 0.29) is 23.6 Å². The molecule has 64 heavy (non-hydrogen) atoms. The number of likely N-dealkylation sites (tertiary alicyclic amines) is 1. The summed E-state index contributed by atoms with van der Waals surface area (Å²) in [7, 11) is 3.46. The Labute approximate surface area is 378 Å². The SMILES string of the molecule is CCOc1cc(C(CSC)N2C(=O)c3ccc(N4CCC(C5CCN(Cc6ccc(Oc7ccc8c(C9CCC(=O)NC9=O)nn(C)c8c7)cc6)CC5)CC4)cc3C2=O)ccc1OC. The second-order valence-electron chi connectivity index (χ2n) is 17.4. The topological polar surface area (TPSA) is 136 Å². The molecule has 0 bridgehead atoms. The van der Waals surface area contributed by atoms with Crippen molar-refractivity contribution in [2.75, 3.05) is 56.8 Å². The van der Waals surface area contributed by atoms with Gasteiger partial charge in [0.15, 0.2) is 11.5 Å². The first-order valence-corrected chi connectivity index (χ1v) is 23.9. The van der Waals surface area contributed by atoms with E-state index < -0.39 is 12.0 Å². The third kappa shape index (κ3) is 8.69. The van der Waals surface area contributed by atoms with Crippen LogP contribution in [0.15, 0.2) is 78.9 Å². The molecule has 0 aliphatic carbocycles. The van der Waals surface area contributed by atoms with E-state index in [1.54, 1.807) is 23.6 Å². The Hall–Kier alpha value is -5.86. The van der Waals surface area contributed by atoms with Crippen molar-refractivity contribution in [3.8, 4) is 23.0 Å². The molecule has 14 heteroatoms. The molecule has 4 aliphatic rings. The normalized spacial score (nSPS) is 19.3. The molecule has 0 radical (unpaired) electrons. The number of imide groups is 2. The molecule has 4 aliphatic heterocycles. The van der Waals surface area contributed by atoms with E-state index in [2.05, 4.69) is 32.3 Å².